The zero-order valence-electron chi connectivity index (χ0n) is 30.6. The first-order valence-corrected chi connectivity index (χ1v) is 18.1. The highest BCUT2D eigenvalue weighted by molar-refractivity contribution is 6.07. The van der Waals surface area contributed by atoms with Crippen molar-refractivity contribution < 1.29 is 19.1 Å². The van der Waals surface area contributed by atoms with Gasteiger partial charge in [-0.15, -0.1) is 0 Å². The van der Waals surface area contributed by atoms with Gasteiger partial charge in [-0.25, -0.2) is 14.8 Å². The molecule has 6 aromatic rings. The van der Waals surface area contributed by atoms with Gasteiger partial charge in [0.25, 0.3) is 5.91 Å². The van der Waals surface area contributed by atoms with Gasteiger partial charge in [-0.1, -0.05) is 72.8 Å². The Kier molecular flexibility index (Phi) is 10.4. The summed E-state index contributed by atoms with van der Waals surface area (Å²) in [5, 5.41) is 6.79. The van der Waals surface area contributed by atoms with E-state index in [4.69, 9.17) is 4.74 Å². The highest BCUT2D eigenvalue weighted by Crippen LogP contribution is 2.32. The molecule has 1 aliphatic rings. The molecule has 54 heavy (non-hydrogen) atoms. The topological polar surface area (TPSA) is 133 Å². The number of piperidine rings is 1. The molecule has 0 radical (unpaired) electrons. The SMILES string of the molecule is CC(C)(C)OC(=O)Nc1ccc(-c2ccccc2)cc1NC(=O)c1cnc(N(c2ccccc2)C2CCN(C(=O)Cc3c[nH]c4ccccc34)CC2)nc1. The van der Waals surface area contributed by atoms with Crippen molar-refractivity contribution in [3.8, 4) is 11.1 Å². The third-order valence-corrected chi connectivity index (χ3v) is 9.36. The van der Waals surface area contributed by atoms with Crippen LogP contribution in [-0.2, 0) is 16.0 Å². The number of aromatic amines is 1. The fraction of sp³-hybridized carbons (Fsp3) is 0.233. The highest BCUT2D eigenvalue weighted by atomic mass is 16.6. The molecule has 3 heterocycles. The lowest BCUT2D eigenvalue weighted by molar-refractivity contribution is -0.131. The predicted molar refractivity (Wildman–Crippen MR) is 212 cm³/mol. The van der Waals surface area contributed by atoms with Crippen LogP contribution < -0.4 is 15.5 Å². The van der Waals surface area contributed by atoms with Crippen LogP contribution in [0.4, 0.5) is 27.8 Å². The second-order valence-corrected chi connectivity index (χ2v) is 14.3. The summed E-state index contributed by atoms with van der Waals surface area (Å²) in [7, 11) is 0. The van der Waals surface area contributed by atoms with Crippen LogP contribution in [0.5, 0.6) is 0 Å². The number of nitrogens with zero attached hydrogens (tertiary/aromatic N) is 4. The van der Waals surface area contributed by atoms with Gasteiger partial charge >= 0.3 is 6.09 Å². The minimum atomic E-state index is -0.697. The van der Waals surface area contributed by atoms with Gasteiger partial charge in [0, 0.05) is 54.3 Å². The van der Waals surface area contributed by atoms with E-state index in [1.165, 1.54) is 12.4 Å². The molecular formula is C43H43N7O4. The lowest BCUT2D eigenvalue weighted by Crippen LogP contribution is -2.46. The Labute approximate surface area is 314 Å². The van der Waals surface area contributed by atoms with Crippen molar-refractivity contribution in [3.63, 3.8) is 0 Å². The van der Waals surface area contributed by atoms with E-state index in [0.29, 0.717) is 36.8 Å². The summed E-state index contributed by atoms with van der Waals surface area (Å²) in [6, 6.07) is 33.2. The van der Waals surface area contributed by atoms with Crippen LogP contribution >= 0.6 is 0 Å². The number of H-pyrrole nitrogens is 1. The number of hydrogen-bond acceptors (Lipinski definition) is 7. The van der Waals surface area contributed by atoms with E-state index in [-0.39, 0.29) is 17.5 Å². The van der Waals surface area contributed by atoms with Gasteiger partial charge in [0.05, 0.1) is 23.4 Å². The molecule has 1 saturated heterocycles. The van der Waals surface area contributed by atoms with E-state index in [0.717, 1.165) is 46.1 Å². The molecule has 3 N–H and O–H groups in total. The van der Waals surface area contributed by atoms with Crippen LogP contribution in [0.25, 0.3) is 22.0 Å². The molecule has 0 atom stereocenters. The molecule has 7 rings (SSSR count). The molecular weight excluding hydrogens is 679 g/mol. The number of fused-ring (bicyclic) bond motifs is 1. The number of amides is 3. The zero-order chi connectivity index (χ0) is 37.7. The Hall–Kier alpha value is -6.49. The van der Waals surface area contributed by atoms with E-state index in [9.17, 15) is 14.4 Å². The summed E-state index contributed by atoms with van der Waals surface area (Å²) in [4.78, 5) is 56.4. The van der Waals surface area contributed by atoms with Crippen LogP contribution in [-0.4, -0.2) is 62.5 Å². The van der Waals surface area contributed by atoms with E-state index < -0.39 is 17.6 Å². The van der Waals surface area contributed by atoms with Gasteiger partial charge in [-0.2, -0.15) is 0 Å². The van der Waals surface area contributed by atoms with Crippen LogP contribution in [0.15, 0.2) is 122 Å². The molecule has 3 amide bonds. The van der Waals surface area contributed by atoms with Crippen molar-refractivity contribution in [2.75, 3.05) is 28.6 Å². The average Bonchev–Trinajstić information content (AvgIpc) is 3.58. The van der Waals surface area contributed by atoms with E-state index in [1.54, 1.807) is 26.8 Å². The number of hydrogen-bond donors (Lipinski definition) is 3. The van der Waals surface area contributed by atoms with Crippen LogP contribution in [0.3, 0.4) is 0 Å². The molecule has 11 nitrogen and oxygen atoms in total. The summed E-state index contributed by atoms with van der Waals surface area (Å²) >= 11 is 0. The third kappa shape index (κ3) is 8.42. The lowest BCUT2D eigenvalue weighted by atomic mass is 10.0. The van der Waals surface area contributed by atoms with Crippen molar-refractivity contribution in [2.24, 2.45) is 0 Å². The largest absolute Gasteiger partial charge is 0.444 e. The molecule has 0 bridgehead atoms. The smallest absolute Gasteiger partial charge is 0.412 e. The number of ether oxygens (including phenoxy) is 1. The molecule has 0 unspecified atom stereocenters. The maximum atomic E-state index is 13.7. The maximum absolute atomic E-state index is 13.7. The standard InChI is InChI=1S/C43H43N7O4/c1-43(2,3)54-42(53)48-37-19-18-30(29-12-6-4-7-13-29)24-38(37)47-40(52)32-27-45-41(46-28-32)50(33-14-8-5-9-15-33)34-20-22-49(23-21-34)39(51)25-31-26-44-36-17-11-10-16-35(31)36/h4-19,24,26-28,34,44H,20-23,25H2,1-3H3,(H,47,52)(H,48,53). The first kappa shape index (κ1) is 35.9. The summed E-state index contributed by atoms with van der Waals surface area (Å²) in [6.45, 7) is 6.57. The molecule has 1 fully saturated rings. The molecule has 2 aromatic heterocycles. The maximum Gasteiger partial charge on any atom is 0.412 e. The fourth-order valence-corrected chi connectivity index (χ4v) is 6.74. The fourth-order valence-electron chi connectivity index (χ4n) is 6.74. The lowest BCUT2D eigenvalue weighted by Gasteiger charge is -2.38. The van der Waals surface area contributed by atoms with E-state index in [1.807, 2.05) is 108 Å². The third-order valence-electron chi connectivity index (χ3n) is 9.36. The number of nitrogens with one attached hydrogen (secondary N) is 3. The Balaban J connectivity index is 1.07. The summed E-state index contributed by atoms with van der Waals surface area (Å²) in [5.41, 5.74) is 5.10. The van der Waals surface area contributed by atoms with Crippen LogP contribution in [0.2, 0.25) is 0 Å². The Morgan fingerprint density at radius 1 is 0.815 bits per heavy atom. The number of carbonyl (C=O) groups is 3. The molecule has 274 valence electrons. The van der Waals surface area contributed by atoms with Gasteiger partial charge in [-0.3, -0.25) is 14.9 Å². The minimum absolute atomic E-state index is 0.0337. The molecule has 4 aromatic carbocycles. The van der Waals surface area contributed by atoms with Crippen molar-refractivity contribution >= 4 is 51.8 Å². The second-order valence-electron chi connectivity index (χ2n) is 14.3. The predicted octanol–water partition coefficient (Wildman–Crippen LogP) is 8.60. The quantitative estimate of drug-likeness (QED) is 0.136. The van der Waals surface area contributed by atoms with Gasteiger partial charge < -0.3 is 24.8 Å². The van der Waals surface area contributed by atoms with Crippen molar-refractivity contribution in [2.45, 2.75) is 51.7 Å². The molecule has 0 saturated carbocycles. The van der Waals surface area contributed by atoms with E-state index >= 15 is 0 Å². The number of para-hydroxylation sites is 2. The van der Waals surface area contributed by atoms with Crippen LogP contribution in [0.1, 0.15) is 49.5 Å². The monoisotopic (exact) mass is 721 g/mol. The molecule has 0 spiro atoms. The number of aromatic nitrogens is 3. The Morgan fingerprint density at radius 2 is 1.48 bits per heavy atom. The van der Waals surface area contributed by atoms with Crippen molar-refractivity contribution in [1.29, 1.82) is 0 Å². The normalized spacial score (nSPS) is 13.4. The van der Waals surface area contributed by atoms with E-state index in [2.05, 4.69) is 30.5 Å². The zero-order valence-corrected chi connectivity index (χ0v) is 30.6. The molecule has 1 aliphatic heterocycles. The first-order chi connectivity index (χ1) is 26.1. The molecule has 0 aliphatic carbocycles. The van der Waals surface area contributed by atoms with Gasteiger partial charge in [0.1, 0.15) is 5.60 Å². The van der Waals surface area contributed by atoms with Gasteiger partial charge in [-0.05, 0) is 80.6 Å². The minimum Gasteiger partial charge on any atom is -0.444 e. The summed E-state index contributed by atoms with van der Waals surface area (Å²) < 4.78 is 5.47. The average molecular weight is 722 g/mol. The summed E-state index contributed by atoms with van der Waals surface area (Å²) in [6.07, 6.45) is 6.11. The second kappa shape index (κ2) is 15.6. The van der Waals surface area contributed by atoms with Crippen LogP contribution in [0, 0.1) is 0 Å². The van der Waals surface area contributed by atoms with Gasteiger partial charge in [0.15, 0.2) is 0 Å². The number of benzene rings is 4. The number of likely N-dealkylation sites (tertiary alicyclic amines) is 1. The van der Waals surface area contributed by atoms with Crippen molar-refractivity contribution in [3.05, 3.63) is 133 Å². The number of carbonyl (C=O) groups excluding carboxylic acids is 3. The Bertz CT molecular complexity index is 2240. The first-order valence-electron chi connectivity index (χ1n) is 18.1. The highest BCUT2D eigenvalue weighted by Gasteiger charge is 2.30. The summed E-state index contributed by atoms with van der Waals surface area (Å²) in [5.74, 6) is 0.127. The molecule has 11 heteroatoms. The number of rotatable bonds is 9. The van der Waals surface area contributed by atoms with Gasteiger partial charge in [0.2, 0.25) is 11.9 Å². The Morgan fingerprint density at radius 3 is 2.19 bits per heavy atom. The number of anilines is 4. The van der Waals surface area contributed by atoms with Crippen molar-refractivity contribution in [1.82, 2.24) is 19.9 Å².